The molecule has 0 heterocycles. The van der Waals surface area contributed by atoms with Crippen molar-refractivity contribution in [3.63, 3.8) is 0 Å². The summed E-state index contributed by atoms with van der Waals surface area (Å²) in [5.41, 5.74) is 0.915. The average molecular weight is 301 g/mol. The van der Waals surface area contributed by atoms with E-state index in [0.29, 0.717) is 31.0 Å². The first-order chi connectivity index (χ1) is 9.48. The summed E-state index contributed by atoms with van der Waals surface area (Å²) in [6, 6.07) is 5.47. The Labute approximate surface area is 121 Å². The maximum absolute atomic E-state index is 12.1. The zero-order valence-electron chi connectivity index (χ0n) is 12.5. The minimum Gasteiger partial charge on any atom is -0.493 e. The molecule has 0 aliphatic rings. The van der Waals surface area contributed by atoms with Gasteiger partial charge >= 0.3 is 0 Å². The average Bonchev–Trinajstić information content (AvgIpc) is 2.45. The highest BCUT2D eigenvalue weighted by Crippen LogP contribution is 2.27. The Morgan fingerprint density at radius 2 is 1.65 bits per heavy atom. The lowest BCUT2D eigenvalue weighted by Crippen LogP contribution is -2.33. The normalized spacial score (nSPS) is 11.7. The van der Waals surface area contributed by atoms with E-state index in [-0.39, 0.29) is 5.75 Å². The summed E-state index contributed by atoms with van der Waals surface area (Å²) in [7, 11) is -0.0591. The third kappa shape index (κ3) is 4.11. The Bertz CT molecular complexity index is 524. The van der Waals surface area contributed by atoms with Crippen molar-refractivity contribution >= 4 is 10.0 Å². The lowest BCUT2D eigenvalue weighted by atomic mass is 10.1. The molecule has 0 aromatic heterocycles. The Hall–Kier alpha value is -1.27. The van der Waals surface area contributed by atoms with Gasteiger partial charge in [0.15, 0.2) is 11.5 Å². The van der Waals surface area contributed by atoms with Crippen LogP contribution in [0.3, 0.4) is 0 Å². The van der Waals surface area contributed by atoms with Crippen LogP contribution in [0.1, 0.15) is 19.4 Å². The first kappa shape index (κ1) is 16.8. The lowest BCUT2D eigenvalue weighted by molar-refractivity contribution is 0.354. The van der Waals surface area contributed by atoms with E-state index in [1.807, 2.05) is 26.0 Å². The predicted molar refractivity (Wildman–Crippen MR) is 80.0 cm³/mol. The molecule has 6 heteroatoms. The number of rotatable bonds is 8. The summed E-state index contributed by atoms with van der Waals surface area (Å²) in [4.78, 5) is 0. The van der Waals surface area contributed by atoms with Crippen LogP contribution in [-0.2, 0) is 16.4 Å². The summed E-state index contributed by atoms with van der Waals surface area (Å²) in [6.45, 7) is 4.70. The number of aryl methyl sites for hydroxylation is 1. The molecule has 114 valence electrons. The summed E-state index contributed by atoms with van der Waals surface area (Å²) < 4.78 is 36.1. The monoisotopic (exact) mass is 301 g/mol. The van der Waals surface area contributed by atoms with Gasteiger partial charge in [-0.3, -0.25) is 0 Å². The highest BCUT2D eigenvalue weighted by Gasteiger charge is 2.18. The van der Waals surface area contributed by atoms with Gasteiger partial charge in [0.25, 0.3) is 0 Å². The SMILES string of the molecule is CCN(CC)S(=O)(=O)CCc1ccc(OC)c(OC)c1. The molecule has 1 aromatic rings. The van der Waals surface area contributed by atoms with Crippen molar-refractivity contribution in [3.8, 4) is 11.5 Å². The number of hydrogen-bond donors (Lipinski definition) is 0. The largest absolute Gasteiger partial charge is 0.493 e. The van der Waals surface area contributed by atoms with E-state index in [0.717, 1.165) is 5.56 Å². The number of benzene rings is 1. The summed E-state index contributed by atoms with van der Waals surface area (Å²) in [5, 5.41) is 0. The fraction of sp³-hybridized carbons (Fsp3) is 0.571. The van der Waals surface area contributed by atoms with Gasteiger partial charge in [-0.1, -0.05) is 19.9 Å². The van der Waals surface area contributed by atoms with Crippen molar-refractivity contribution in [2.24, 2.45) is 0 Å². The van der Waals surface area contributed by atoms with E-state index in [9.17, 15) is 8.42 Å². The summed E-state index contributed by atoms with van der Waals surface area (Å²) in [5.74, 6) is 1.36. The third-order valence-corrected chi connectivity index (χ3v) is 5.22. The molecule has 0 unspecified atom stereocenters. The zero-order chi connectivity index (χ0) is 15.2. The minimum absolute atomic E-state index is 0.101. The fourth-order valence-corrected chi connectivity index (χ4v) is 3.57. The van der Waals surface area contributed by atoms with Gasteiger partial charge < -0.3 is 9.47 Å². The molecule has 1 rings (SSSR count). The quantitative estimate of drug-likeness (QED) is 0.736. The van der Waals surface area contributed by atoms with Crippen LogP contribution in [0.4, 0.5) is 0 Å². The number of nitrogens with zero attached hydrogens (tertiary/aromatic N) is 1. The van der Waals surface area contributed by atoms with Gasteiger partial charge in [0.05, 0.1) is 20.0 Å². The molecular weight excluding hydrogens is 278 g/mol. The van der Waals surface area contributed by atoms with Crippen LogP contribution in [-0.4, -0.2) is 45.8 Å². The fourth-order valence-electron chi connectivity index (χ4n) is 2.03. The number of hydrogen-bond acceptors (Lipinski definition) is 4. The maximum Gasteiger partial charge on any atom is 0.214 e. The highest BCUT2D eigenvalue weighted by atomic mass is 32.2. The van der Waals surface area contributed by atoms with Gasteiger partial charge in [-0.25, -0.2) is 12.7 Å². The van der Waals surface area contributed by atoms with Crippen LogP contribution in [0.5, 0.6) is 11.5 Å². The van der Waals surface area contributed by atoms with Gasteiger partial charge in [-0.2, -0.15) is 0 Å². The third-order valence-electron chi connectivity index (χ3n) is 3.20. The van der Waals surface area contributed by atoms with Crippen LogP contribution in [0.2, 0.25) is 0 Å². The van der Waals surface area contributed by atoms with Gasteiger partial charge in [-0.15, -0.1) is 0 Å². The summed E-state index contributed by atoms with van der Waals surface area (Å²) >= 11 is 0. The second-order valence-electron chi connectivity index (χ2n) is 4.34. The molecule has 0 N–H and O–H groups in total. The Balaban J connectivity index is 2.80. The second kappa shape index (κ2) is 7.50. The zero-order valence-corrected chi connectivity index (χ0v) is 13.4. The Morgan fingerprint density at radius 3 is 2.15 bits per heavy atom. The topological polar surface area (TPSA) is 55.8 Å². The van der Waals surface area contributed by atoms with Crippen LogP contribution < -0.4 is 9.47 Å². The van der Waals surface area contributed by atoms with Gasteiger partial charge in [0.2, 0.25) is 10.0 Å². The molecule has 0 spiro atoms. The minimum atomic E-state index is -3.19. The van der Waals surface area contributed by atoms with Crippen LogP contribution in [0.15, 0.2) is 18.2 Å². The molecule has 0 bridgehead atoms. The highest BCUT2D eigenvalue weighted by molar-refractivity contribution is 7.89. The molecule has 0 aliphatic carbocycles. The van der Waals surface area contributed by atoms with E-state index in [2.05, 4.69) is 0 Å². The van der Waals surface area contributed by atoms with Crippen molar-refractivity contribution in [1.29, 1.82) is 0 Å². The molecule has 0 fully saturated rings. The van der Waals surface area contributed by atoms with Gasteiger partial charge in [0, 0.05) is 13.1 Å². The molecule has 0 atom stereocenters. The molecule has 1 aromatic carbocycles. The van der Waals surface area contributed by atoms with Crippen molar-refractivity contribution in [2.75, 3.05) is 33.1 Å². The van der Waals surface area contributed by atoms with E-state index in [1.54, 1.807) is 20.3 Å². The van der Waals surface area contributed by atoms with E-state index in [1.165, 1.54) is 4.31 Å². The molecular formula is C14H23NO4S. The smallest absolute Gasteiger partial charge is 0.214 e. The molecule has 0 saturated carbocycles. The molecule has 0 radical (unpaired) electrons. The number of sulfonamides is 1. The van der Waals surface area contributed by atoms with Crippen LogP contribution >= 0.6 is 0 Å². The molecule has 0 aliphatic heterocycles. The van der Waals surface area contributed by atoms with Gasteiger partial charge in [0.1, 0.15) is 0 Å². The first-order valence-corrected chi connectivity index (χ1v) is 8.28. The van der Waals surface area contributed by atoms with E-state index in [4.69, 9.17) is 9.47 Å². The van der Waals surface area contributed by atoms with Crippen molar-refractivity contribution in [3.05, 3.63) is 23.8 Å². The lowest BCUT2D eigenvalue weighted by Gasteiger charge is -2.18. The number of methoxy groups -OCH3 is 2. The van der Waals surface area contributed by atoms with E-state index < -0.39 is 10.0 Å². The van der Waals surface area contributed by atoms with Crippen LogP contribution in [0, 0.1) is 0 Å². The summed E-state index contributed by atoms with van der Waals surface area (Å²) in [6.07, 6.45) is 0.458. The van der Waals surface area contributed by atoms with Crippen molar-refractivity contribution in [1.82, 2.24) is 4.31 Å². The predicted octanol–water partition coefficient (Wildman–Crippen LogP) is 1.92. The Kier molecular flexibility index (Phi) is 6.29. The van der Waals surface area contributed by atoms with Crippen molar-refractivity contribution < 1.29 is 17.9 Å². The van der Waals surface area contributed by atoms with Gasteiger partial charge in [-0.05, 0) is 24.1 Å². The maximum atomic E-state index is 12.1. The molecule has 5 nitrogen and oxygen atoms in total. The second-order valence-corrected chi connectivity index (χ2v) is 6.43. The Morgan fingerprint density at radius 1 is 1.05 bits per heavy atom. The molecule has 0 amide bonds. The standard InChI is InChI=1S/C14H23NO4S/c1-5-15(6-2)20(16,17)10-9-12-7-8-13(18-3)14(11-12)19-4/h7-8,11H,5-6,9-10H2,1-4H3. The molecule has 0 saturated heterocycles. The van der Waals surface area contributed by atoms with E-state index >= 15 is 0 Å². The molecule has 20 heavy (non-hydrogen) atoms. The van der Waals surface area contributed by atoms with Crippen LogP contribution in [0.25, 0.3) is 0 Å². The van der Waals surface area contributed by atoms with Crippen molar-refractivity contribution in [2.45, 2.75) is 20.3 Å². The number of ether oxygens (including phenoxy) is 2. The first-order valence-electron chi connectivity index (χ1n) is 6.67.